The van der Waals surface area contributed by atoms with Crippen molar-refractivity contribution < 1.29 is 27.5 Å². The van der Waals surface area contributed by atoms with Gasteiger partial charge in [0.25, 0.3) is 5.91 Å². The predicted octanol–water partition coefficient (Wildman–Crippen LogP) is 1.04. The molecule has 2 atom stereocenters. The zero-order chi connectivity index (χ0) is 20.9. The lowest BCUT2D eigenvalue weighted by Crippen LogP contribution is -2.48. The summed E-state index contributed by atoms with van der Waals surface area (Å²) < 4.78 is 37.7. The maximum atomic E-state index is 13.0. The molecular weight excluding hydrogens is 408 g/mol. The van der Waals surface area contributed by atoms with Crippen LogP contribution in [0.1, 0.15) is 24.2 Å². The molecule has 2 rings (SSSR count). The summed E-state index contributed by atoms with van der Waals surface area (Å²) in [6.45, 7) is 3.37. The van der Waals surface area contributed by atoms with Crippen LogP contribution in [0.5, 0.6) is 0 Å². The van der Waals surface area contributed by atoms with E-state index < -0.39 is 28.5 Å². The lowest BCUT2D eigenvalue weighted by Gasteiger charge is -2.34. The summed E-state index contributed by atoms with van der Waals surface area (Å²) >= 11 is 6.09. The van der Waals surface area contributed by atoms with Crippen molar-refractivity contribution in [1.29, 1.82) is 0 Å². The zero-order valence-corrected chi connectivity index (χ0v) is 17.0. The Balaban J connectivity index is 2.19. The molecule has 1 amide bonds. The van der Waals surface area contributed by atoms with Crippen LogP contribution in [0.2, 0.25) is 5.02 Å². The molecule has 1 aromatic rings. The maximum absolute atomic E-state index is 13.0. The lowest BCUT2D eigenvalue weighted by atomic mass is 10.2. The van der Waals surface area contributed by atoms with Crippen LogP contribution >= 0.6 is 11.6 Å². The Morgan fingerprint density at radius 3 is 2.61 bits per heavy atom. The molecule has 1 fully saturated rings. The van der Waals surface area contributed by atoms with E-state index >= 15 is 0 Å². The lowest BCUT2D eigenvalue weighted by molar-refractivity contribution is -0.123. The van der Waals surface area contributed by atoms with Crippen molar-refractivity contribution in [2.45, 2.75) is 31.0 Å². The number of hydrogen-bond acceptors (Lipinski definition) is 6. The van der Waals surface area contributed by atoms with Crippen LogP contribution in [-0.4, -0.2) is 63.0 Å². The number of carbonyl (C=O) groups is 2. The zero-order valence-electron chi connectivity index (χ0n) is 15.5. The van der Waals surface area contributed by atoms with Crippen molar-refractivity contribution >= 4 is 33.5 Å². The van der Waals surface area contributed by atoms with E-state index in [0.717, 1.165) is 6.07 Å². The standard InChI is InChI=1S/C18H21ClN2O6S/c1-4-7-20-17(22)11-26-18(23)14-5-6-15(19)16(8-14)28(24,25)21-9-12(2)27-13(3)10-21/h1,5-6,8,12-13H,7,9-11H2,2-3H3,(H,20,22)/t12-,13-/m1/s1. The number of nitrogens with one attached hydrogen (secondary N) is 1. The number of nitrogens with zero attached hydrogens (tertiary/aromatic N) is 1. The fourth-order valence-corrected chi connectivity index (χ4v) is 4.80. The molecule has 0 bridgehead atoms. The average molecular weight is 429 g/mol. The monoisotopic (exact) mass is 428 g/mol. The van der Waals surface area contributed by atoms with Gasteiger partial charge in [0.15, 0.2) is 6.61 Å². The molecule has 1 aliphatic heterocycles. The van der Waals surface area contributed by atoms with Crippen LogP contribution in [0.25, 0.3) is 0 Å². The number of benzene rings is 1. The first-order chi connectivity index (χ1) is 13.1. The molecule has 1 saturated heterocycles. The van der Waals surface area contributed by atoms with E-state index in [1.165, 1.54) is 16.4 Å². The number of amides is 1. The van der Waals surface area contributed by atoms with Gasteiger partial charge in [0.2, 0.25) is 10.0 Å². The minimum Gasteiger partial charge on any atom is -0.452 e. The number of ether oxygens (including phenoxy) is 2. The number of morpholine rings is 1. The summed E-state index contributed by atoms with van der Waals surface area (Å²) in [5.41, 5.74) is -0.0397. The Hall–Kier alpha value is -2.12. The predicted molar refractivity (Wildman–Crippen MR) is 102 cm³/mol. The van der Waals surface area contributed by atoms with Crippen molar-refractivity contribution in [2.24, 2.45) is 0 Å². The normalized spacial score (nSPS) is 20.2. The first-order valence-electron chi connectivity index (χ1n) is 8.47. The molecule has 0 aromatic heterocycles. The van der Waals surface area contributed by atoms with Gasteiger partial charge in [0.1, 0.15) is 4.90 Å². The second-order valence-electron chi connectivity index (χ2n) is 6.28. The van der Waals surface area contributed by atoms with Crippen molar-refractivity contribution in [1.82, 2.24) is 9.62 Å². The minimum absolute atomic E-state index is 0.0100. The first kappa shape index (κ1) is 22.2. The molecule has 10 heteroatoms. The molecule has 0 unspecified atom stereocenters. The Labute approximate surface area is 169 Å². The SMILES string of the molecule is C#CCNC(=O)COC(=O)c1ccc(Cl)c(S(=O)(=O)N2C[C@@H](C)O[C@H](C)C2)c1. The van der Waals surface area contributed by atoms with Crippen molar-refractivity contribution in [2.75, 3.05) is 26.2 Å². The van der Waals surface area contributed by atoms with Gasteiger partial charge in [-0.05, 0) is 32.0 Å². The van der Waals surface area contributed by atoms with E-state index in [9.17, 15) is 18.0 Å². The summed E-state index contributed by atoms with van der Waals surface area (Å²) in [6, 6.07) is 3.77. The molecule has 152 valence electrons. The van der Waals surface area contributed by atoms with E-state index in [2.05, 4.69) is 11.2 Å². The Morgan fingerprint density at radius 1 is 1.36 bits per heavy atom. The van der Waals surface area contributed by atoms with E-state index in [1.54, 1.807) is 13.8 Å². The molecule has 0 radical (unpaired) electrons. The Morgan fingerprint density at radius 2 is 2.00 bits per heavy atom. The van der Waals surface area contributed by atoms with Crippen LogP contribution < -0.4 is 5.32 Å². The molecule has 1 aliphatic rings. The fraction of sp³-hybridized carbons (Fsp3) is 0.444. The highest BCUT2D eigenvalue weighted by Crippen LogP contribution is 2.28. The second kappa shape index (κ2) is 9.39. The number of esters is 1. The van der Waals surface area contributed by atoms with Gasteiger partial charge < -0.3 is 14.8 Å². The highest BCUT2D eigenvalue weighted by molar-refractivity contribution is 7.89. The van der Waals surface area contributed by atoms with Gasteiger partial charge in [-0.2, -0.15) is 4.31 Å². The van der Waals surface area contributed by atoms with Gasteiger partial charge in [0.05, 0.1) is 29.3 Å². The molecule has 0 spiro atoms. The Bertz CT molecular complexity index is 886. The quantitative estimate of drug-likeness (QED) is 0.536. The number of rotatable bonds is 6. The molecule has 28 heavy (non-hydrogen) atoms. The largest absolute Gasteiger partial charge is 0.452 e. The van der Waals surface area contributed by atoms with Crippen LogP contribution in [-0.2, 0) is 24.3 Å². The summed E-state index contributed by atoms with van der Waals surface area (Å²) in [6.07, 6.45) is 4.48. The summed E-state index contributed by atoms with van der Waals surface area (Å²) in [7, 11) is -3.95. The summed E-state index contributed by atoms with van der Waals surface area (Å²) in [5.74, 6) is 0.799. The van der Waals surface area contributed by atoms with Crippen molar-refractivity contribution in [3.63, 3.8) is 0 Å². The number of terminal acetylenes is 1. The van der Waals surface area contributed by atoms with E-state index in [1.807, 2.05) is 0 Å². The molecule has 1 heterocycles. The number of halogens is 1. The minimum atomic E-state index is -3.95. The molecule has 1 aromatic carbocycles. The molecule has 0 aliphatic carbocycles. The first-order valence-corrected chi connectivity index (χ1v) is 10.3. The summed E-state index contributed by atoms with van der Waals surface area (Å²) in [5, 5.41) is 2.33. The van der Waals surface area contributed by atoms with Crippen LogP contribution in [0.4, 0.5) is 0 Å². The third-order valence-electron chi connectivity index (χ3n) is 3.89. The number of hydrogen-bond donors (Lipinski definition) is 1. The fourth-order valence-electron chi connectivity index (χ4n) is 2.71. The molecule has 0 saturated carbocycles. The van der Waals surface area contributed by atoms with Gasteiger partial charge in [0, 0.05) is 13.1 Å². The van der Waals surface area contributed by atoms with Gasteiger partial charge in [-0.1, -0.05) is 17.5 Å². The van der Waals surface area contributed by atoms with Crippen LogP contribution in [0, 0.1) is 12.3 Å². The second-order valence-corrected chi connectivity index (χ2v) is 8.60. The van der Waals surface area contributed by atoms with E-state index in [0.29, 0.717) is 0 Å². The molecular formula is C18H21ClN2O6S. The maximum Gasteiger partial charge on any atom is 0.338 e. The third-order valence-corrected chi connectivity index (χ3v) is 6.21. The average Bonchev–Trinajstić information content (AvgIpc) is 2.63. The topological polar surface area (TPSA) is 102 Å². The molecule has 1 N–H and O–H groups in total. The molecule has 8 nitrogen and oxygen atoms in total. The highest BCUT2D eigenvalue weighted by Gasteiger charge is 2.34. The smallest absolute Gasteiger partial charge is 0.338 e. The highest BCUT2D eigenvalue weighted by atomic mass is 35.5. The third kappa shape index (κ3) is 5.45. The van der Waals surface area contributed by atoms with Gasteiger partial charge in [-0.3, -0.25) is 4.79 Å². The number of sulfonamides is 1. The van der Waals surface area contributed by atoms with Gasteiger partial charge in [-0.25, -0.2) is 13.2 Å². The summed E-state index contributed by atoms with van der Waals surface area (Å²) in [4.78, 5) is 23.4. The van der Waals surface area contributed by atoms with Crippen molar-refractivity contribution in [3.8, 4) is 12.3 Å². The number of carbonyl (C=O) groups excluding carboxylic acids is 2. The van der Waals surface area contributed by atoms with Gasteiger partial charge in [-0.15, -0.1) is 6.42 Å². The Kier molecular flexibility index (Phi) is 7.43. The van der Waals surface area contributed by atoms with E-state index in [-0.39, 0.29) is 47.3 Å². The van der Waals surface area contributed by atoms with E-state index in [4.69, 9.17) is 27.5 Å². The van der Waals surface area contributed by atoms with Gasteiger partial charge >= 0.3 is 5.97 Å². The van der Waals surface area contributed by atoms with Crippen LogP contribution in [0.3, 0.4) is 0 Å². The van der Waals surface area contributed by atoms with Crippen molar-refractivity contribution in [3.05, 3.63) is 28.8 Å². The van der Waals surface area contributed by atoms with Crippen LogP contribution in [0.15, 0.2) is 23.1 Å².